The fraction of sp³-hybridized carbons (Fsp3) is 0.222. The molecule has 2 N–H and O–H groups in total. The maximum atomic E-state index is 12.1. The fourth-order valence-electron chi connectivity index (χ4n) is 2.69. The maximum Gasteiger partial charge on any atom is 0.263 e. The summed E-state index contributed by atoms with van der Waals surface area (Å²) in [5.74, 6) is 0.125. The number of nitrogens with zero attached hydrogens (tertiary/aromatic N) is 1. The van der Waals surface area contributed by atoms with Crippen LogP contribution in [0.25, 0.3) is 0 Å². The van der Waals surface area contributed by atoms with E-state index in [-0.39, 0.29) is 29.6 Å². The van der Waals surface area contributed by atoms with E-state index in [1.165, 1.54) is 6.07 Å². The molecule has 0 radical (unpaired) electrons. The molecule has 7 heteroatoms. The Morgan fingerprint density at radius 3 is 2.68 bits per heavy atom. The highest BCUT2D eigenvalue weighted by Crippen LogP contribution is 2.22. The van der Waals surface area contributed by atoms with Gasteiger partial charge in [0.2, 0.25) is 5.91 Å². The lowest BCUT2D eigenvalue weighted by molar-refractivity contribution is -0.116. The molecule has 0 unspecified atom stereocenters. The number of aliphatic imine (C=N–C) groups is 1. The van der Waals surface area contributed by atoms with Crippen molar-refractivity contribution in [1.82, 2.24) is 4.72 Å². The van der Waals surface area contributed by atoms with Gasteiger partial charge < -0.3 is 5.32 Å². The Bertz CT molecular complexity index is 965. The highest BCUT2D eigenvalue weighted by Gasteiger charge is 2.29. The van der Waals surface area contributed by atoms with Gasteiger partial charge in [-0.2, -0.15) is 0 Å². The van der Waals surface area contributed by atoms with Crippen LogP contribution in [0.4, 0.5) is 5.69 Å². The number of nitrogens with one attached hydrogen (secondary N) is 2. The summed E-state index contributed by atoms with van der Waals surface area (Å²) in [6.07, 6.45) is 0.167. The highest BCUT2D eigenvalue weighted by molar-refractivity contribution is 7.90. The van der Waals surface area contributed by atoms with Crippen LogP contribution in [0.1, 0.15) is 23.1 Å². The van der Waals surface area contributed by atoms with Gasteiger partial charge in [-0.15, -0.1) is 0 Å². The van der Waals surface area contributed by atoms with Crippen molar-refractivity contribution in [2.45, 2.75) is 25.2 Å². The monoisotopic (exact) mass is 357 g/mol. The van der Waals surface area contributed by atoms with Gasteiger partial charge in [0, 0.05) is 17.7 Å². The van der Waals surface area contributed by atoms with E-state index < -0.39 is 10.0 Å². The maximum absolute atomic E-state index is 12.1. The summed E-state index contributed by atoms with van der Waals surface area (Å²) >= 11 is 0. The van der Waals surface area contributed by atoms with E-state index in [9.17, 15) is 13.2 Å². The third-order valence-corrected chi connectivity index (χ3v) is 5.32. The van der Waals surface area contributed by atoms with Crippen LogP contribution in [0, 0.1) is 13.8 Å². The summed E-state index contributed by atoms with van der Waals surface area (Å²) < 4.78 is 26.4. The lowest BCUT2D eigenvalue weighted by Gasteiger charge is -2.08. The van der Waals surface area contributed by atoms with Crippen molar-refractivity contribution in [1.29, 1.82) is 0 Å². The standard InChI is InChI=1S/C18H19N3O3S/c1-12-7-8-15(13(2)11-12)20-17(22)9-10-19-18-14-5-3-4-6-16(14)25(23,24)21-18/h3-8,11H,9-10H2,1-2H3,(H,19,21)(H,20,22). The summed E-state index contributed by atoms with van der Waals surface area (Å²) in [5.41, 5.74) is 3.44. The Labute approximate surface area is 147 Å². The van der Waals surface area contributed by atoms with Crippen molar-refractivity contribution in [3.05, 3.63) is 59.2 Å². The largest absolute Gasteiger partial charge is 0.326 e. The first-order chi connectivity index (χ1) is 11.9. The second-order valence-electron chi connectivity index (χ2n) is 5.95. The van der Waals surface area contributed by atoms with Crippen LogP contribution in [0.5, 0.6) is 0 Å². The zero-order valence-corrected chi connectivity index (χ0v) is 14.9. The number of fused-ring (bicyclic) bond motifs is 1. The van der Waals surface area contributed by atoms with Crippen LogP contribution in [0.15, 0.2) is 52.4 Å². The van der Waals surface area contributed by atoms with Crippen LogP contribution >= 0.6 is 0 Å². The summed E-state index contributed by atoms with van der Waals surface area (Å²) in [5, 5.41) is 2.85. The number of aryl methyl sites for hydroxylation is 2. The summed E-state index contributed by atoms with van der Waals surface area (Å²) in [7, 11) is -3.55. The first kappa shape index (κ1) is 17.2. The Morgan fingerprint density at radius 1 is 1.16 bits per heavy atom. The highest BCUT2D eigenvalue weighted by atomic mass is 32.2. The number of amidine groups is 1. The number of hydrogen-bond donors (Lipinski definition) is 2. The molecule has 6 nitrogen and oxygen atoms in total. The second-order valence-corrected chi connectivity index (χ2v) is 7.60. The molecule has 0 aromatic heterocycles. The molecule has 2 aromatic rings. The number of carbonyl (C=O) groups excluding carboxylic acids is 1. The number of amides is 1. The van der Waals surface area contributed by atoms with Crippen molar-refractivity contribution in [3.8, 4) is 0 Å². The Kier molecular flexibility index (Phi) is 4.59. The van der Waals surface area contributed by atoms with Crippen molar-refractivity contribution >= 4 is 27.5 Å². The van der Waals surface area contributed by atoms with Crippen LogP contribution in [-0.4, -0.2) is 26.7 Å². The van der Waals surface area contributed by atoms with Gasteiger partial charge in [0.25, 0.3) is 10.0 Å². The molecule has 1 aliphatic rings. The molecule has 0 saturated heterocycles. The Hall–Kier alpha value is -2.67. The molecule has 0 saturated carbocycles. The molecule has 1 heterocycles. The Morgan fingerprint density at radius 2 is 1.92 bits per heavy atom. The van der Waals surface area contributed by atoms with E-state index in [0.717, 1.165) is 16.8 Å². The van der Waals surface area contributed by atoms with Crippen LogP contribution in [0.2, 0.25) is 0 Å². The minimum absolute atomic E-state index is 0.162. The van der Waals surface area contributed by atoms with Crippen molar-refractivity contribution < 1.29 is 13.2 Å². The topological polar surface area (TPSA) is 87.6 Å². The van der Waals surface area contributed by atoms with Gasteiger partial charge in [-0.1, -0.05) is 29.8 Å². The van der Waals surface area contributed by atoms with E-state index >= 15 is 0 Å². The zero-order valence-electron chi connectivity index (χ0n) is 14.0. The molecule has 0 spiro atoms. The van der Waals surface area contributed by atoms with E-state index in [4.69, 9.17) is 0 Å². The molecule has 0 bridgehead atoms. The normalized spacial score (nSPS) is 16.3. The molecule has 1 amide bonds. The van der Waals surface area contributed by atoms with Gasteiger partial charge >= 0.3 is 0 Å². The summed E-state index contributed by atoms with van der Waals surface area (Å²) in [6, 6.07) is 12.5. The van der Waals surface area contributed by atoms with Crippen LogP contribution in [-0.2, 0) is 14.8 Å². The number of sulfonamides is 1. The van der Waals surface area contributed by atoms with E-state index in [1.807, 2.05) is 32.0 Å². The molecule has 25 heavy (non-hydrogen) atoms. The first-order valence-corrected chi connectivity index (χ1v) is 9.39. The third kappa shape index (κ3) is 3.71. The SMILES string of the molecule is Cc1ccc(NC(=O)CCN=C2NS(=O)(=O)c3ccccc32)c(C)c1. The molecular formula is C18H19N3O3S. The molecule has 130 valence electrons. The summed E-state index contributed by atoms with van der Waals surface area (Å²) in [6.45, 7) is 4.13. The average molecular weight is 357 g/mol. The lowest BCUT2D eigenvalue weighted by atomic mass is 10.1. The summed E-state index contributed by atoms with van der Waals surface area (Å²) in [4.78, 5) is 16.5. The number of rotatable bonds is 4. The number of hydrogen-bond acceptors (Lipinski definition) is 4. The minimum Gasteiger partial charge on any atom is -0.326 e. The average Bonchev–Trinajstić information content (AvgIpc) is 2.82. The van der Waals surface area contributed by atoms with Gasteiger partial charge in [-0.05, 0) is 37.6 Å². The Balaban J connectivity index is 1.65. The number of carbonyl (C=O) groups is 1. The van der Waals surface area contributed by atoms with E-state index in [2.05, 4.69) is 15.0 Å². The molecule has 1 aliphatic heterocycles. The first-order valence-electron chi connectivity index (χ1n) is 7.90. The van der Waals surface area contributed by atoms with Gasteiger partial charge in [0.1, 0.15) is 5.84 Å². The van der Waals surface area contributed by atoms with Crippen molar-refractivity contribution in [2.24, 2.45) is 4.99 Å². The van der Waals surface area contributed by atoms with Gasteiger partial charge in [-0.3, -0.25) is 14.5 Å². The van der Waals surface area contributed by atoms with E-state index in [1.54, 1.807) is 18.2 Å². The predicted molar refractivity (Wildman–Crippen MR) is 97.3 cm³/mol. The lowest BCUT2D eigenvalue weighted by Crippen LogP contribution is -2.23. The predicted octanol–water partition coefficient (Wildman–Crippen LogP) is 2.37. The van der Waals surface area contributed by atoms with Crippen LogP contribution < -0.4 is 10.0 Å². The molecule has 2 aromatic carbocycles. The van der Waals surface area contributed by atoms with E-state index in [0.29, 0.717) is 5.56 Å². The smallest absolute Gasteiger partial charge is 0.263 e. The fourth-order valence-corrected chi connectivity index (χ4v) is 3.94. The molecular weight excluding hydrogens is 338 g/mol. The zero-order chi connectivity index (χ0) is 18.0. The quantitative estimate of drug-likeness (QED) is 0.880. The van der Waals surface area contributed by atoms with Crippen molar-refractivity contribution in [3.63, 3.8) is 0 Å². The second kappa shape index (κ2) is 6.68. The van der Waals surface area contributed by atoms with Crippen molar-refractivity contribution in [2.75, 3.05) is 11.9 Å². The molecule has 0 fully saturated rings. The van der Waals surface area contributed by atoms with Gasteiger partial charge in [0.05, 0.1) is 11.4 Å². The molecule has 0 aliphatic carbocycles. The number of benzene rings is 2. The van der Waals surface area contributed by atoms with Gasteiger partial charge in [0.15, 0.2) is 0 Å². The molecule has 0 atom stereocenters. The number of anilines is 1. The molecule has 3 rings (SSSR count). The third-order valence-electron chi connectivity index (χ3n) is 3.93. The van der Waals surface area contributed by atoms with Gasteiger partial charge in [-0.25, -0.2) is 8.42 Å². The van der Waals surface area contributed by atoms with Crippen LogP contribution in [0.3, 0.4) is 0 Å². The minimum atomic E-state index is -3.55.